The molecule has 0 saturated heterocycles. The summed E-state index contributed by atoms with van der Waals surface area (Å²) in [5, 5.41) is 0. The Bertz CT molecular complexity index is 161. The van der Waals surface area contributed by atoms with Crippen molar-refractivity contribution in [3.63, 3.8) is 0 Å². The van der Waals surface area contributed by atoms with E-state index in [2.05, 4.69) is 18.7 Å². The first-order chi connectivity index (χ1) is 6.66. The number of methoxy groups -OCH3 is 1. The lowest BCUT2D eigenvalue weighted by Crippen LogP contribution is -2.61. The third kappa shape index (κ3) is 2.27. The van der Waals surface area contributed by atoms with Crippen LogP contribution in [0.2, 0.25) is 0 Å². The predicted molar refractivity (Wildman–Crippen MR) is 59.4 cm³/mol. The second-order valence-corrected chi connectivity index (χ2v) is 4.56. The van der Waals surface area contributed by atoms with Crippen molar-refractivity contribution in [3.05, 3.63) is 0 Å². The maximum atomic E-state index is 5.90. The van der Waals surface area contributed by atoms with Gasteiger partial charge in [-0.2, -0.15) is 0 Å². The molecule has 84 valence electrons. The van der Waals surface area contributed by atoms with Gasteiger partial charge in [-0.1, -0.05) is 0 Å². The molecule has 1 aliphatic rings. The number of nitrogens with zero attached hydrogens (tertiary/aromatic N) is 1. The van der Waals surface area contributed by atoms with E-state index < -0.39 is 0 Å². The summed E-state index contributed by atoms with van der Waals surface area (Å²) in [5.41, 5.74) is 6.18. The van der Waals surface area contributed by atoms with Gasteiger partial charge in [-0.15, -0.1) is 0 Å². The van der Waals surface area contributed by atoms with E-state index >= 15 is 0 Å². The molecule has 1 saturated carbocycles. The summed E-state index contributed by atoms with van der Waals surface area (Å²) in [6.07, 6.45) is 3.84. The monoisotopic (exact) mass is 200 g/mol. The first-order valence-electron chi connectivity index (χ1n) is 5.62. The standard InChI is InChI=1S/C11H24N2O/c1-10(2)13(7-8-14-3)11(9-12)5-4-6-11/h10H,4-9,12H2,1-3H3. The molecule has 0 spiro atoms. The molecule has 1 aliphatic carbocycles. The Morgan fingerprint density at radius 2 is 2.07 bits per heavy atom. The maximum absolute atomic E-state index is 5.90. The molecule has 0 bridgehead atoms. The van der Waals surface area contributed by atoms with Crippen LogP contribution in [0.3, 0.4) is 0 Å². The van der Waals surface area contributed by atoms with Gasteiger partial charge in [-0.25, -0.2) is 0 Å². The van der Waals surface area contributed by atoms with E-state index in [0.717, 1.165) is 19.7 Å². The summed E-state index contributed by atoms with van der Waals surface area (Å²) in [4.78, 5) is 2.51. The molecule has 0 atom stereocenters. The number of ether oxygens (including phenoxy) is 1. The highest BCUT2D eigenvalue weighted by atomic mass is 16.5. The highest BCUT2D eigenvalue weighted by molar-refractivity contribution is 4.99. The van der Waals surface area contributed by atoms with Crippen LogP contribution in [0, 0.1) is 0 Å². The Morgan fingerprint density at radius 3 is 2.36 bits per heavy atom. The van der Waals surface area contributed by atoms with E-state index in [1.165, 1.54) is 19.3 Å². The van der Waals surface area contributed by atoms with Crippen molar-refractivity contribution in [1.82, 2.24) is 4.90 Å². The minimum atomic E-state index is 0.284. The molecule has 0 unspecified atom stereocenters. The van der Waals surface area contributed by atoms with Gasteiger partial charge in [-0.3, -0.25) is 4.90 Å². The van der Waals surface area contributed by atoms with Crippen molar-refractivity contribution in [3.8, 4) is 0 Å². The molecule has 1 fully saturated rings. The Labute approximate surface area is 87.6 Å². The quantitative estimate of drug-likeness (QED) is 0.701. The number of nitrogens with two attached hydrogens (primary N) is 1. The van der Waals surface area contributed by atoms with E-state index in [1.807, 2.05) is 0 Å². The molecule has 0 aromatic rings. The largest absolute Gasteiger partial charge is 0.383 e. The molecular weight excluding hydrogens is 176 g/mol. The zero-order valence-corrected chi connectivity index (χ0v) is 9.75. The molecule has 0 amide bonds. The number of rotatable bonds is 6. The Hall–Kier alpha value is -0.120. The smallest absolute Gasteiger partial charge is 0.0590 e. The Balaban J connectivity index is 2.55. The summed E-state index contributed by atoms with van der Waals surface area (Å²) < 4.78 is 5.15. The number of hydrogen-bond donors (Lipinski definition) is 1. The zero-order chi connectivity index (χ0) is 10.6. The van der Waals surface area contributed by atoms with Gasteiger partial charge < -0.3 is 10.5 Å². The van der Waals surface area contributed by atoms with Crippen LogP contribution in [0.5, 0.6) is 0 Å². The lowest BCUT2D eigenvalue weighted by Gasteiger charge is -2.51. The van der Waals surface area contributed by atoms with Gasteiger partial charge in [0.25, 0.3) is 0 Å². The van der Waals surface area contributed by atoms with E-state index in [1.54, 1.807) is 7.11 Å². The highest BCUT2D eigenvalue weighted by Gasteiger charge is 2.41. The van der Waals surface area contributed by atoms with Gasteiger partial charge >= 0.3 is 0 Å². The van der Waals surface area contributed by atoms with Crippen LogP contribution in [0.25, 0.3) is 0 Å². The summed E-state index contributed by atoms with van der Waals surface area (Å²) in [5.74, 6) is 0. The van der Waals surface area contributed by atoms with Gasteiger partial charge in [0.05, 0.1) is 6.61 Å². The van der Waals surface area contributed by atoms with Crippen molar-refractivity contribution in [1.29, 1.82) is 0 Å². The molecule has 1 rings (SSSR count). The highest BCUT2D eigenvalue weighted by Crippen LogP contribution is 2.37. The summed E-state index contributed by atoms with van der Waals surface area (Å²) in [6, 6.07) is 0.564. The SMILES string of the molecule is COCCN(C(C)C)C1(CN)CCC1. The van der Waals surface area contributed by atoms with Crippen LogP contribution in [-0.4, -0.2) is 43.3 Å². The first-order valence-corrected chi connectivity index (χ1v) is 5.62. The van der Waals surface area contributed by atoms with Crippen molar-refractivity contribution >= 4 is 0 Å². The summed E-state index contributed by atoms with van der Waals surface area (Å²) in [6.45, 7) is 7.08. The Morgan fingerprint density at radius 1 is 1.43 bits per heavy atom. The molecule has 3 nitrogen and oxygen atoms in total. The zero-order valence-electron chi connectivity index (χ0n) is 9.75. The van der Waals surface area contributed by atoms with Crippen LogP contribution in [0.4, 0.5) is 0 Å². The predicted octanol–water partition coefficient (Wildman–Crippen LogP) is 1.22. The average molecular weight is 200 g/mol. The van der Waals surface area contributed by atoms with Gasteiger partial charge in [0.1, 0.15) is 0 Å². The fourth-order valence-electron chi connectivity index (χ4n) is 2.43. The number of hydrogen-bond acceptors (Lipinski definition) is 3. The summed E-state index contributed by atoms with van der Waals surface area (Å²) in [7, 11) is 1.76. The van der Waals surface area contributed by atoms with Crippen molar-refractivity contribution in [2.45, 2.75) is 44.7 Å². The second kappa shape index (κ2) is 5.10. The lowest BCUT2D eigenvalue weighted by atomic mass is 9.74. The molecule has 3 heteroatoms. The minimum absolute atomic E-state index is 0.284. The molecule has 0 radical (unpaired) electrons. The molecule has 0 heterocycles. The van der Waals surface area contributed by atoms with E-state index in [-0.39, 0.29) is 5.54 Å². The molecule has 0 aromatic carbocycles. The van der Waals surface area contributed by atoms with Crippen LogP contribution in [0.1, 0.15) is 33.1 Å². The van der Waals surface area contributed by atoms with Crippen molar-refractivity contribution < 1.29 is 4.74 Å². The van der Waals surface area contributed by atoms with Crippen LogP contribution < -0.4 is 5.73 Å². The molecule has 0 aliphatic heterocycles. The molecular formula is C11H24N2O. The second-order valence-electron chi connectivity index (χ2n) is 4.56. The van der Waals surface area contributed by atoms with Crippen LogP contribution in [0.15, 0.2) is 0 Å². The van der Waals surface area contributed by atoms with Gasteiger partial charge in [0.2, 0.25) is 0 Å². The molecule has 14 heavy (non-hydrogen) atoms. The third-order valence-electron chi connectivity index (χ3n) is 3.43. The fraction of sp³-hybridized carbons (Fsp3) is 1.00. The van der Waals surface area contributed by atoms with Crippen LogP contribution in [-0.2, 0) is 4.74 Å². The average Bonchev–Trinajstić information content (AvgIpc) is 2.08. The van der Waals surface area contributed by atoms with Crippen molar-refractivity contribution in [2.24, 2.45) is 5.73 Å². The molecule has 2 N–H and O–H groups in total. The van der Waals surface area contributed by atoms with Gasteiger partial charge in [0.15, 0.2) is 0 Å². The van der Waals surface area contributed by atoms with E-state index in [0.29, 0.717) is 6.04 Å². The van der Waals surface area contributed by atoms with Gasteiger partial charge in [0, 0.05) is 31.8 Å². The van der Waals surface area contributed by atoms with E-state index in [9.17, 15) is 0 Å². The topological polar surface area (TPSA) is 38.5 Å². The lowest BCUT2D eigenvalue weighted by molar-refractivity contribution is -0.0160. The third-order valence-corrected chi connectivity index (χ3v) is 3.43. The maximum Gasteiger partial charge on any atom is 0.0590 e. The minimum Gasteiger partial charge on any atom is -0.383 e. The normalized spacial score (nSPS) is 20.1. The van der Waals surface area contributed by atoms with Crippen LogP contribution >= 0.6 is 0 Å². The molecule has 0 aromatic heterocycles. The van der Waals surface area contributed by atoms with Crippen molar-refractivity contribution in [2.75, 3.05) is 26.8 Å². The van der Waals surface area contributed by atoms with Gasteiger partial charge in [-0.05, 0) is 33.1 Å². The summed E-state index contributed by atoms with van der Waals surface area (Å²) >= 11 is 0. The Kier molecular flexibility index (Phi) is 4.35. The van der Waals surface area contributed by atoms with E-state index in [4.69, 9.17) is 10.5 Å². The fourth-order valence-corrected chi connectivity index (χ4v) is 2.43. The first kappa shape index (κ1) is 12.0.